The number of ether oxygens (including phenoxy) is 3. The molecule has 0 spiro atoms. The minimum atomic E-state index is -1.28. The molecule has 1 aliphatic heterocycles. The number of hydrogen-bond donors (Lipinski definition) is 3. The predicted octanol–water partition coefficient (Wildman–Crippen LogP) is 6.73. The monoisotopic (exact) mass is 602 g/mol. The summed E-state index contributed by atoms with van der Waals surface area (Å²) in [7, 11) is 1.77. The zero-order chi connectivity index (χ0) is 32.4. The summed E-state index contributed by atoms with van der Waals surface area (Å²) in [6.45, 7) is 20.7. The SMILES string of the molecule is C=C/C(=C(/OCc1ccc2c(c1)CCN(C(C)CC(C)(C)OC)C2)C(=C)C)c1cccc(N/C(OCC)=C(\C=N)C(=O)O)n1. The summed E-state index contributed by atoms with van der Waals surface area (Å²) in [5.74, 6) is -0.439. The third-order valence-corrected chi connectivity index (χ3v) is 7.67. The summed E-state index contributed by atoms with van der Waals surface area (Å²) in [5.41, 5.74) is 5.21. The van der Waals surface area contributed by atoms with Crippen molar-refractivity contribution in [1.29, 1.82) is 5.41 Å². The molecule has 1 aromatic heterocycles. The Bertz CT molecular complexity index is 1440. The largest absolute Gasteiger partial charge is 0.488 e. The molecule has 236 valence electrons. The van der Waals surface area contributed by atoms with E-state index in [0.29, 0.717) is 41.1 Å². The maximum Gasteiger partial charge on any atom is 0.342 e. The highest BCUT2D eigenvalue weighted by atomic mass is 16.5. The number of rotatable bonds is 16. The molecule has 0 bridgehead atoms. The normalized spacial score (nSPS) is 15.2. The molecule has 1 aliphatic rings. The first-order valence-electron chi connectivity index (χ1n) is 14.8. The standard InChI is InChI=1S/C35H46N4O5/c1-9-28(30-12-11-13-31(37-30)38-33(43-10-2)29(20-36)34(40)41)32(23(3)4)44-22-25-14-15-27-21-39(17-16-26(27)18-25)24(5)19-35(6,7)42-8/h9,11-15,18,20,24,36H,1,3,10,16-17,19,21-22H2,2,4-8H3,(H,37,38)(H,40,41)/b32-28-,33-29-,36-20?. The van der Waals surface area contributed by atoms with Gasteiger partial charge < -0.3 is 30.0 Å². The summed E-state index contributed by atoms with van der Waals surface area (Å²) >= 11 is 0. The Kier molecular flexibility index (Phi) is 12.1. The van der Waals surface area contributed by atoms with Gasteiger partial charge in [-0.1, -0.05) is 43.5 Å². The first-order valence-corrected chi connectivity index (χ1v) is 14.8. The van der Waals surface area contributed by atoms with E-state index in [9.17, 15) is 9.90 Å². The first-order chi connectivity index (χ1) is 20.9. The van der Waals surface area contributed by atoms with Gasteiger partial charge >= 0.3 is 5.97 Å². The molecular formula is C35H46N4O5. The number of pyridine rings is 1. The van der Waals surface area contributed by atoms with Crippen LogP contribution in [-0.2, 0) is 38.6 Å². The first kappa shape index (κ1) is 34.3. The van der Waals surface area contributed by atoms with Gasteiger partial charge in [0.1, 0.15) is 23.8 Å². The van der Waals surface area contributed by atoms with Gasteiger partial charge in [-0.15, -0.1) is 0 Å². The van der Waals surface area contributed by atoms with E-state index in [0.717, 1.165) is 37.7 Å². The zero-order valence-electron chi connectivity index (χ0n) is 26.8. The number of carboxylic acids is 1. The fraction of sp³-hybridized carbons (Fsp3) is 0.400. The van der Waals surface area contributed by atoms with Crippen molar-refractivity contribution in [3.05, 3.63) is 101 Å². The van der Waals surface area contributed by atoms with Crippen molar-refractivity contribution in [2.75, 3.05) is 25.6 Å². The molecular weight excluding hydrogens is 556 g/mol. The second kappa shape index (κ2) is 15.5. The van der Waals surface area contributed by atoms with E-state index in [1.165, 1.54) is 11.1 Å². The molecule has 44 heavy (non-hydrogen) atoms. The summed E-state index contributed by atoms with van der Waals surface area (Å²) < 4.78 is 17.5. The maximum absolute atomic E-state index is 11.6. The number of carboxylic acid groups (broad SMARTS) is 1. The molecule has 2 heterocycles. The molecule has 1 atom stereocenters. The van der Waals surface area contributed by atoms with Crippen LogP contribution in [0.4, 0.5) is 5.82 Å². The topological polar surface area (TPSA) is 117 Å². The van der Waals surface area contributed by atoms with Gasteiger partial charge in [-0.2, -0.15) is 0 Å². The van der Waals surface area contributed by atoms with E-state index < -0.39 is 5.97 Å². The number of aromatic nitrogens is 1. The average Bonchev–Trinajstić information content (AvgIpc) is 2.99. The van der Waals surface area contributed by atoms with Crippen LogP contribution in [0.1, 0.15) is 63.4 Å². The van der Waals surface area contributed by atoms with Gasteiger partial charge in [-0.05, 0) is 81.9 Å². The number of carbonyl (C=O) groups is 1. The lowest BCUT2D eigenvalue weighted by Gasteiger charge is -2.37. The summed E-state index contributed by atoms with van der Waals surface area (Å²) in [5, 5.41) is 19.8. The van der Waals surface area contributed by atoms with Crippen molar-refractivity contribution in [1.82, 2.24) is 9.88 Å². The number of benzene rings is 1. The molecule has 0 aliphatic carbocycles. The van der Waals surface area contributed by atoms with Crippen LogP contribution in [0.25, 0.3) is 5.57 Å². The molecule has 3 N–H and O–H groups in total. The summed E-state index contributed by atoms with van der Waals surface area (Å²) in [4.78, 5) is 18.8. The van der Waals surface area contributed by atoms with Crippen LogP contribution >= 0.6 is 0 Å². The highest BCUT2D eigenvalue weighted by molar-refractivity contribution is 6.08. The Morgan fingerprint density at radius 1 is 1.25 bits per heavy atom. The molecule has 1 unspecified atom stereocenters. The molecule has 0 amide bonds. The molecule has 0 saturated carbocycles. The highest BCUT2D eigenvalue weighted by Crippen LogP contribution is 2.29. The van der Waals surface area contributed by atoms with Crippen LogP contribution in [-0.4, -0.2) is 59.1 Å². The van der Waals surface area contributed by atoms with Gasteiger partial charge in [0.05, 0.1) is 17.9 Å². The van der Waals surface area contributed by atoms with Crippen molar-refractivity contribution in [2.24, 2.45) is 0 Å². The quantitative estimate of drug-likeness (QED) is 0.0838. The number of methoxy groups -OCH3 is 1. The Labute approximate surface area is 261 Å². The zero-order valence-corrected chi connectivity index (χ0v) is 26.8. The number of anilines is 1. The molecule has 1 aromatic carbocycles. The van der Waals surface area contributed by atoms with Gasteiger partial charge in [0, 0.05) is 38.0 Å². The van der Waals surface area contributed by atoms with E-state index >= 15 is 0 Å². The molecule has 0 radical (unpaired) electrons. The Hall–Kier alpha value is -4.21. The number of nitrogens with one attached hydrogen (secondary N) is 2. The van der Waals surface area contributed by atoms with Crippen LogP contribution in [0.3, 0.4) is 0 Å². The highest BCUT2D eigenvalue weighted by Gasteiger charge is 2.27. The van der Waals surface area contributed by atoms with Crippen LogP contribution in [0.5, 0.6) is 0 Å². The van der Waals surface area contributed by atoms with E-state index in [-0.39, 0.29) is 23.7 Å². The second-order valence-corrected chi connectivity index (χ2v) is 11.5. The second-order valence-electron chi connectivity index (χ2n) is 11.5. The Balaban J connectivity index is 1.81. The van der Waals surface area contributed by atoms with E-state index in [2.05, 4.69) is 67.3 Å². The van der Waals surface area contributed by atoms with Gasteiger partial charge in [0.2, 0.25) is 5.88 Å². The number of aliphatic carboxylic acids is 1. The number of hydrogen-bond acceptors (Lipinski definition) is 8. The number of fused-ring (bicyclic) bond motifs is 1. The molecule has 9 heteroatoms. The van der Waals surface area contributed by atoms with E-state index in [4.69, 9.17) is 19.6 Å². The lowest BCUT2D eigenvalue weighted by atomic mass is 9.93. The Morgan fingerprint density at radius 2 is 2.00 bits per heavy atom. The summed E-state index contributed by atoms with van der Waals surface area (Å²) in [6, 6.07) is 12.2. The van der Waals surface area contributed by atoms with Crippen molar-refractivity contribution >= 4 is 23.6 Å². The number of nitrogens with zero attached hydrogens (tertiary/aromatic N) is 2. The van der Waals surface area contributed by atoms with Crippen molar-refractivity contribution in [3.63, 3.8) is 0 Å². The van der Waals surface area contributed by atoms with Crippen molar-refractivity contribution in [3.8, 4) is 0 Å². The van der Waals surface area contributed by atoms with E-state index in [1.54, 1.807) is 32.2 Å². The fourth-order valence-electron chi connectivity index (χ4n) is 5.24. The average molecular weight is 603 g/mol. The van der Waals surface area contributed by atoms with Gasteiger partial charge in [-0.3, -0.25) is 4.90 Å². The van der Waals surface area contributed by atoms with Crippen LogP contribution in [0, 0.1) is 5.41 Å². The molecule has 9 nitrogen and oxygen atoms in total. The van der Waals surface area contributed by atoms with Gasteiger partial charge in [-0.25, -0.2) is 9.78 Å². The van der Waals surface area contributed by atoms with Gasteiger partial charge in [0.15, 0.2) is 0 Å². The minimum absolute atomic E-state index is 0.0658. The molecule has 3 rings (SSSR count). The van der Waals surface area contributed by atoms with Crippen molar-refractivity contribution in [2.45, 2.75) is 72.3 Å². The smallest absolute Gasteiger partial charge is 0.342 e. The van der Waals surface area contributed by atoms with E-state index in [1.807, 2.05) is 13.0 Å². The number of allylic oxidation sites excluding steroid dienone is 3. The fourth-order valence-corrected chi connectivity index (χ4v) is 5.24. The minimum Gasteiger partial charge on any atom is -0.488 e. The Morgan fingerprint density at radius 3 is 2.61 bits per heavy atom. The molecule has 0 fully saturated rings. The predicted molar refractivity (Wildman–Crippen MR) is 175 cm³/mol. The van der Waals surface area contributed by atoms with Gasteiger partial charge in [0.25, 0.3) is 0 Å². The van der Waals surface area contributed by atoms with Crippen LogP contribution in [0.2, 0.25) is 0 Å². The van der Waals surface area contributed by atoms with Crippen molar-refractivity contribution < 1.29 is 24.1 Å². The maximum atomic E-state index is 11.6. The third-order valence-electron chi connectivity index (χ3n) is 7.67. The summed E-state index contributed by atoms with van der Waals surface area (Å²) in [6.07, 6.45) is 4.35. The lowest BCUT2D eigenvalue weighted by Crippen LogP contribution is -2.42. The molecule has 0 saturated heterocycles. The lowest BCUT2D eigenvalue weighted by molar-refractivity contribution is -0.132. The van der Waals surface area contributed by atoms with Crippen LogP contribution in [0.15, 0.2) is 78.4 Å². The molecule has 2 aromatic rings. The third kappa shape index (κ3) is 8.90. The van der Waals surface area contributed by atoms with Crippen LogP contribution < -0.4 is 5.32 Å².